The van der Waals surface area contributed by atoms with Crippen LogP contribution < -0.4 is 0 Å². The lowest BCUT2D eigenvalue weighted by Crippen LogP contribution is -2.29. The van der Waals surface area contributed by atoms with Crippen molar-refractivity contribution in [2.24, 2.45) is 0 Å². The van der Waals surface area contributed by atoms with E-state index in [0.29, 0.717) is 5.56 Å². The van der Waals surface area contributed by atoms with E-state index in [1.165, 1.54) is 6.26 Å². The van der Waals surface area contributed by atoms with Crippen LogP contribution in [0.1, 0.15) is 18.6 Å². The Morgan fingerprint density at radius 1 is 1.24 bits per heavy atom. The van der Waals surface area contributed by atoms with Gasteiger partial charge in [-0.05, 0) is 19.1 Å². The highest BCUT2D eigenvalue weighted by atomic mass is 16.6. The molecule has 2 unspecified atom stereocenters. The second-order valence-electron chi connectivity index (χ2n) is 4.25. The number of esters is 2. The number of carbonyl (C=O) groups is 2. The van der Waals surface area contributed by atoms with Gasteiger partial charge in [-0.15, -0.1) is 0 Å². The third-order valence-corrected chi connectivity index (χ3v) is 2.77. The summed E-state index contributed by atoms with van der Waals surface area (Å²) in [6, 6.07) is 8.73. The van der Waals surface area contributed by atoms with Crippen molar-refractivity contribution >= 4 is 11.9 Å². The van der Waals surface area contributed by atoms with Crippen molar-refractivity contribution < 1.29 is 23.8 Å². The zero-order chi connectivity index (χ0) is 15.1. The molecule has 2 rings (SSSR count). The first-order valence-electron chi connectivity index (χ1n) is 6.63. The summed E-state index contributed by atoms with van der Waals surface area (Å²) in [6.45, 7) is 1.90. The smallest absolute Gasteiger partial charge is 0.352 e. The van der Waals surface area contributed by atoms with Gasteiger partial charge in [0.05, 0.1) is 12.9 Å². The monoisotopic (exact) mass is 288 g/mol. The Morgan fingerprint density at radius 3 is 2.62 bits per heavy atom. The average molecular weight is 288 g/mol. The van der Waals surface area contributed by atoms with Gasteiger partial charge in [0.25, 0.3) is 0 Å². The lowest BCUT2D eigenvalue weighted by Gasteiger charge is -2.20. The molecular formula is C16H16O5. The Kier molecular flexibility index (Phi) is 5.15. The number of hydrogen-bond donors (Lipinski definition) is 0. The van der Waals surface area contributed by atoms with Crippen LogP contribution in [-0.2, 0) is 23.8 Å². The largest absolute Gasteiger partial charge is 0.482 e. The lowest BCUT2D eigenvalue weighted by molar-refractivity contribution is -0.172. The molecule has 1 heterocycles. The van der Waals surface area contributed by atoms with Crippen LogP contribution in [0.5, 0.6) is 0 Å². The summed E-state index contributed by atoms with van der Waals surface area (Å²) in [5.74, 6) is -1.25. The lowest BCUT2D eigenvalue weighted by atomic mass is 10.1. The molecule has 1 aliphatic rings. The summed E-state index contributed by atoms with van der Waals surface area (Å²) < 4.78 is 15.3. The Bertz CT molecular complexity index is 547. The fourth-order valence-electron chi connectivity index (χ4n) is 1.80. The predicted octanol–water partition coefficient (Wildman–Crippen LogP) is 2.30. The molecule has 0 saturated carbocycles. The summed E-state index contributed by atoms with van der Waals surface area (Å²) >= 11 is 0. The van der Waals surface area contributed by atoms with Crippen molar-refractivity contribution in [2.45, 2.75) is 19.1 Å². The van der Waals surface area contributed by atoms with E-state index < -0.39 is 24.1 Å². The first-order valence-corrected chi connectivity index (χ1v) is 6.63. The van der Waals surface area contributed by atoms with Crippen molar-refractivity contribution in [3.63, 3.8) is 0 Å². The van der Waals surface area contributed by atoms with Gasteiger partial charge in [-0.3, -0.25) is 0 Å². The zero-order valence-electron chi connectivity index (χ0n) is 11.6. The Labute approximate surface area is 122 Å². The molecule has 1 aromatic rings. The molecule has 0 saturated heterocycles. The van der Waals surface area contributed by atoms with Crippen LogP contribution in [0.25, 0.3) is 0 Å². The topological polar surface area (TPSA) is 61.8 Å². The highest BCUT2D eigenvalue weighted by Crippen LogP contribution is 2.21. The SMILES string of the molecule is CCOC(=O)C(OC(=O)C1C=CC=CO1)c1ccccc1. The first kappa shape index (κ1) is 14.8. The summed E-state index contributed by atoms with van der Waals surface area (Å²) in [5.41, 5.74) is 0.555. The third kappa shape index (κ3) is 3.95. The van der Waals surface area contributed by atoms with Crippen molar-refractivity contribution in [2.75, 3.05) is 6.61 Å². The van der Waals surface area contributed by atoms with E-state index in [4.69, 9.17) is 14.2 Å². The molecule has 0 N–H and O–H groups in total. The molecule has 0 aromatic heterocycles. The molecule has 0 aliphatic carbocycles. The van der Waals surface area contributed by atoms with E-state index in [0.717, 1.165) is 0 Å². The quantitative estimate of drug-likeness (QED) is 0.778. The highest BCUT2D eigenvalue weighted by Gasteiger charge is 2.29. The second-order valence-corrected chi connectivity index (χ2v) is 4.25. The van der Waals surface area contributed by atoms with Gasteiger partial charge in [-0.2, -0.15) is 0 Å². The summed E-state index contributed by atoms with van der Waals surface area (Å²) in [5, 5.41) is 0. The number of ether oxygens (including phenoxy) is 3. The maximum atomic E-state index is 12.1. The van der Waals surface area contributed by atoms with Gasteiger partial charge in [-0.1, -0.05) is 36.4 Å². The van der Waals surface area contributed by atoms with Gasteiger partial charge in [0, 0.05) is 5.56 Å². The molecule has 1 aliphatic heterocycles. The molecule has 5 heteroatoms. The zero-order valence-corrected chi connectivity index (χ0v) is 11.6. The van der Waals surface area contributed by atoms with Gasteiger partial charge < -0.3 is 14.2 Å². The standard InChI is InChI=1S/C16H16O5/c1-2-19-16(18)14(12-8-4-3-5-9-12)21-15(17)13-10-6-7-11-20-13/h3-11,13-14H,2H2,1H3. The minimum absolute atomic E-state index is 0.211. The number of allylic oxidation sites excluding steroid dienone is 2. The van der Waals surface area contributed by atoms with Crippen LogP contribution in [0.15, 0.2) is 54.8 Å². The fraction of sp³-hybridized carbons (Fsp3) is 0.250. The number of carbonyl (C=O) groups excluding carboxylic acids is 2. The molecular weight excluding hydrogens is 272 g/mol. The highest BCUT2D eigenvalue weighted by molar-refractivity contribution is 5.83. The minimum atomic E-state index is -1.10. The second kappa shape index (κ2) is 7.28. The van der Waals surface area contributed by atoms with Crippen molar-refractivity contribution in [3.05, 3.63) is 60.4 Å². The molecule has 5 nitrogen and oxygen atoms in total. The average Bonchev–Trinajstić information content (AvgIpc) is 2.54. The van der Waals surface area contributed by atoms with E-state index in [9.17, 15) is 9.59 Å². The summed E-state index contributed by atoms with van der Waals surface area (Å²) in [4.78, 5) is 24.0. The van der Waals surface area contributed by atoms with E-state index in [-0.39, 0.29) is 6.61 Å². The van der Waals surface area contributed by atoms with Crippen LogP contribution in [-0.4, -0.2) is 24.6 Å². The molecule has 21 heavy (non-hydrogen) atoms. The molecule has 0 bridgehead atoms. The maximum absolute atomic E-state index is 12.1. The van der Waals surface area contributed by atoms with Gasteiger partial charge in [0.2, 0.25) is 12.2 Å². The molecule has 2 atom stereocenters. The van der Waals surface area contributed by atoms with Gasteiger partial charge in [0.15, 0.2) is 0 Å². The van der Waals surface area contributed by atoms with Crippen molar-refractivity contribution in [1.29, 1.82) is 0 Å². The molecule has 0 fully saturated rings. The van der Waals surface area contributed by atoms with Gasteiger partial charge >= 0.3 is 11.9 Å². The number of rotatable bonds is 5. The van der Waals surface area contributed by atoms with Crippen LogP contribution >= 0.6 is 0 Å². The van der Waals surface area contributed by atoms with Crippen LogP contribution in [0.3, 0.4) is 0 Å². The van der Waals surface area contributed by atoms with Crippen LogP contribution in [0.4, 0.5) is 0 Å². The number of benzene rings is 1. The van der Waals surface area contributed by atoms with Crippen LogP contribution in [0.2, 0.25) is 0 Å². The Balaban J connectivity index is 2.12. The van der Waals surface area contributed by atoms with E-state index in [1.807, 2.05) is 6.07 Å². The van der Waals surface area contributed by atoms with Gasteiger partial charge in [0.1, 0.15) is 0 Å². The van der Waals surface area contributed by atoms with E-state index >= 15 is 0 Å². The molecule has 1 aromatic carbocycles. The first-order chi connectivity index (χ1) is 10.2. The molecule has 110 valence electrons. The molecule has 0 radical (unpaired) electrons. The van der Waals surface area contributed by atoms with Crippen molar-refractivity contribution in [1.82, 2.24) is 0 Å². The number of hydrogen-bond acceptors (Lipinski definition) is 5. The van der Waals surface area contributed by atoms with Crippen molar-refractivity contribution in [3.8, 4) is 0 Å². The fourth-order valence-corrected chi connectivity index (χ4v) is 1.80. The normalized spacial score (nSPS) is 17.7. The predicted molar refractivity (Wildman–Crippen MR) is 75.1 cm³/mol. The van der Waals surface area contributed by atoms with E-state index in [1.54, 1.807) is 49.4 Å². The third-order valence-electron chi connectivity index (χ3n) is 2.77. The Morgan fingerprint density at radius 2 is 2.00 bits per heavy atom. The summed E-state index contributed by atoms with van der Waals surface area (Å²) in [7, 11) is 0. The van der Waals surface area contributed by atoms with Gasteiger partial charge in [-0.25, -0.2) is 9.59 Å². The summed E-state index contributed by atoms with van der Waals surface area (Å²) in [6.07, 6.45) is 4.34. The maximum Gasteiger partial charge on any atom is 0.352 e. The van der Waals surface area contributed by atoms with Crippen LogP contribution in [0, 0.1) is 0 Å². The molecule has 0 amide bonds. The Hall–Kier alpha value is -2.56. The van der Waals surface area contributed by atoms with E-state index in [2.05, 4.69) is 0 Å². The minimum Gasteiger partial charge on any atom is -0.482 e. The molecule has 0 spiro atoms.